The first-order chi connectivity index (χ1) is 16.1. The molecule has 1 atom stereocenters. The molecule has 0 aliphatic rings. The highest BCUT2D eigenvalue weighted by Crippen LogP contribution is 2.29. The number of nitrogens with zero attached hydrogens (tertiary/aromatic N) is 1. The Morgan fingerprint density at radius 3 is 2.29 bits per heavy atom. The SMILES string of the molecule is CCOc1ccc(CCC(=O)N(Cc2ccccc2F)C(C)C(=O)NC(C)(C)C)cc1OCC. The molecule has 0 aromatic heterocycles. The molecule has 0 bridgehead atoms. The molecular formula is C27H37FN2O4. The van der Waals surface area contributed by atoms with E-state index in [4.69, 9.17) is 9.47 Å². The van der Waals surface area contributed by atoms with Crippen molar-refractivity contribution in [2.75, 3.05) is 13.2 Å². The summed E-state index contributed by atoms with van der Waals surface area (Å²) in [6, 6.07) is 11.2. The van der Waals surface area contributed by atoms with Gasteiger partial charge < -0.3 is 19.7 Å². The quantitative estimate of drug-likeness (QED) is 0.506. The molecule has 2 aromatic carbocycles. The number of carbonyl (C=O) groups is 2. The lowest BCUT2D eigenvalue weighted by Crippen LogP contribution is -2.52. The maximum atomic E-state index is 14.4. The third-order valence-electron chi connectivity index (χ3n) is 5.20. The van der Waals surface area contributed by atoms with Crippen molar-refractivity contribution >= 4 is 11.8 Å². The van der Waals surface area contributed by atoms with Gasteiger partial charge in [-0.05, 0) is 71.7 Å². The number of nitrogens with one attached hydrogen (secondary N) is 1. The highest BCUT2D eigenvalue weighted by molar-refractivity contribution is 5.87. The molecule has 186 valence electrons. The van der Waals surface area contributed by atoms with Crippen LogP contribution >= 0.6 is 0 Å². The minimum absolute atomic E-state index is 0.0116. The van der Waals surface area contributed by atoms with Crippen molar-refractivity contribution in [1.82, 2.24) is 10.2 Å². The number of carbonyl (C=O) groups excluding carboxylic acids is 2. The third kappa shape index (κ3) is 8.04. The zero-order valence-corrected chi connectivity index (χ0v) is 21.1. The number of hydrogen-bond donors (Lipinski definition) is 1. The molecule has 0 fully saturated rings. The van der Waals surface area contributed by atoms with Gasteiger partial charge in [0.25, 0.3) is 0 Å². The monoisotopic (exact) mass is 472 g/mol. The lowest BCUT2D eigenvalue weighted by molar-refractivity contribution is -0.141. The standard InChI is InChI=1S/C27H37FN2O4/c1-7-33-23-15-13-20(17-24(23)34-8-2)14-16-25(31)30(18-21-11-9-10-12-22(21)28)19(3)26(32)29-27(4,5)6/h9-13,15,17,19H,7-8,14,16,18H2,1-6H3,(H,29,32). The Hall–Kier alpha value is -3.09. The normalized spacial score (nSPS) is 12.1. The molecule has 34 heavy (non-hydrogen) atoms. The first-order valence-corrected chi connectivity index (χ1v) is 11.8. The second-order valence-electron chi connectivity index (χ2n) is 9.18. The van der Waals surface area contributed by atoms with Gasteiger partial charge in [-0.1, -0.05) is 24.3 Å². The number of halogens is 1. The van der Waals surface area contributed by atoms with Crippen molar-refractivity contribution in [3.63, 3.8) is 0 Å². The van der Waals surface area contributed by atoms with Gasteiger partial charge in [0.1, 0.15) is 11.9 Å². The van der Waals surface area contributed by atoms with Crippen LogP contribution in [0.2, 0.25) is 0 Å². The summed E-state index contributed by atoms with van der Waals surface area (Å²) in [5, 5.41) is 2.91. The molecule has 2 rings (SSSR count). The van der Waals surface area contributed by atoms with Gasteiger partial charge in [0.15, 0.2) is 11.5 Å². The minimum atomic E-state index is -0.759. The minimum Gasteiger partial charge on any atom is -0.490 e. The molecule has 0 heterocycles. The average molecular weight is 473 g/mol. The zero-order valence-electron chi connectivity index (χ0n) is 21.1. The van der Waals surface area contributed by atoms with Crippen LogP contribution in [0.5, 0.6) is 11.5 Å². The van der Waals surface area contributed by atoms with Gasteiger partial charge in [0.05, 0.1) is 13.2 Å². The third-order valence-corrected chi connectivity index (χ3v) is 5.20. The second kappa shape index (κ2) is 12.4. The fourth-order valence-corrected chi connectivity index (χ4v) is 3.51. The molecule has 1 unspecified atom stereocenters. The molecule has 2 aromatic rings. The number of benzene rings is 2. The van der Waals surface area contributed by atoms with Gasteiger partial charge in [-0.2, -0.15) is 0 Å². The highest BCUT2D eigenvalue weighted by atomic mass is 19.1. The Labute approximate surface area is 202 Å². The Balaban J connectivity index is 2.21. The fraction of sp³-hybridized carbons (Fsp3) is 0.481. The van der Waals surface area contributed by atoms with Gasteiger partial charge in [0.2, 0.25) is 11.8 Å². The second-order valence-corrected chi connectivity index (χ2v) is 9.18. The van der Waals surface area contributed by atoms with E-state index in [1.807, 2.05) is 52.8 Å². The van der Waals surface area contributed by atoms with Crippen molar-refractivity contribution in [1.29, 1.82) is 0 Å². The van der Waals surface area contributed by atoms with Crippen LogP contribution in [0.3, 0.4) is 0 Å². The molecule has 1 N–H and O–H groups in total. The van der Waals surface area contributed by atoms with E-state index in [9.17, 15) is 14.0 Å². The number of amides is 2. The summed E-state index contributed by atoms with van der Waals surface area (Å²) < 4.78 is 25.6. The number of rotatable bonds is 11. The molecule has 0 spiro atoms. The summed E-state index contributed by atoms with van der Waals surface area (Å²) in [7, 11) is 0. The van der Waals surface area contributed by atoms with Crippen LogP contribution in [0.4, 0.5) is 4.39 Å². The smallest absolute Gasteiger partial charge is 0.242 e. The van der Waals surface area contributed by atoms with E-state index in [1.54, 1.807) is 25.1 Å². The number of hydrogen-bond acceptors (Lipinski definition) is 4. The topological polar surface area (TPSA) is 67.9 Å². The largest absolute Gasteiger partial charge is 0.490 e. The van der Waals surface area contributed by atoms with Crippen LogP contribution in [0.15, 0.2) is 42.5 Å². The van der Waals surface area contributed by atoms with Crippen molar-refractivity contribution in [2.45, 2.75) is 72.5 Å². The van der Waals surface area contributed by atoms with Crippen LogP contribution in [-0.2, 0) is 22.6 Å². The van der Waals surface area contributed by atoms with E-state index in [2.05, 4.69) is 5.32 Å². The molecule has 7 heteroatoms. The van der Waals surface area contributed by atoms with E-state index in [1.165, 1.54) is 11.0 Å². The summed E-state index contributed by atoms with van der Waals surface area (Å²) in [5.74, 6) is 0.378. The van der Waals surface area contributed by atoms with E-state index >= 15 is 0 Å². The lowest BCUT2D eigenvalue weighted by atomic mass is 10.1. The molecule has 6 nitrogen and oxygen atoms in total. The predicted octanol–water partition coefficient (Wildman–Crippen LogP) is 4.89. The zero-order chi connectivity index (χ0) is 25.3. The molecule has 2 amide bonds. The average Bonchev–Trinajstić information content (AvgIpc) is 2.77. The highest BCUT2D eigenvalue weighted by Gasteiger charge is 2.28. The number of aryl methyl sites for hydroxylation is 1. The molecule has 0 radical (unpaired) electrons. The maximum Gasteiger partial charge on any atom is 0.242 e. The van der Waals surface area contributed by atoms with Crippen molar-refractivity contribution in [3.05, 3.63) is 59.4 Å². The van der Waals surface area contributed by atoms with Crippen molar-refractivity contribution in [2.24, 2.45) is 0 Å². The lowest BCUT2D eigenvalue weighted by Gasteiger charge is -2.31. The van der Waals surface area contributed by atoms with Crippen molar-refractivity contribution in [3.8, 4) is 11.5 Å². The van der Waals surface area contributed by atoms with Crippen LogP contribution in [-0.4, -0.2) is 41.5 Å². The molecule has 0 saturated carbocycles. The summed E-state index contributed by atoms with van der Waals surface area (Å²) >= 11 is 0. The van der Waals surface area contributed by atoms with Crippen LogP contribution < -0.4 is 14.8 Å². The van der Waals surface area contributed by atoms with Gasteiger partial charge in [-0.3, -0.25) is 9.59 Å². The molecule has 0 aliphatic heterocycles. The van der Waals surface area contributed by atoms with Gasteiger partial charge in [-0.15, -0.1) is 0 Å². The van der Waals surface area contributed by atoms with Gasteiger partial charge in [-0.25, -0.2) is 4.39 Å². The Bertz CT molecular complexity index is 971. The fourth-order valence-electron chi connectivity index (χ4n) is 3.51. The van der Waals surface area contributed by atoms with E-state index in [-0.39, 0.29) is 24.8 Å². The first kappa shape index (κ1) is 27.2. The number of ether oxygens (including phenoxy) is 2. The van der Waals surface area contributed by atoms with Gasteiger partial charge in [0, 0.05) is 24.1 Å². The summed E-state index contributed by atoms with van der Waals surface area (Å²) in [6.07, 6.45) is 0.619. The van der Waals surface area contributed by atoms with E-state index in [0.717, 1.165) is 5.56 Å². The van der Waals surface area contributed by atoms with Crippen molar-refractivity contribution < 1.29 is 23.5 Å². The van der Waals surface area contributed by atoms with Crippen LogP contribution in [0.25, 0.3) is 0 Å². The van der Waals surface area contributed by atoms with E-state index in [0.29, 0.717) is 36.7 Å². The Kier molecular flexibility index (Phi) is 9.90. The first-order valence-electron chi connectivity index (χ1n) is 11.8. The Morgan fingerprint density at radius 1 is 1.03 bits per heavy atom. The summed E-state index contributed by atoms with van der Waals surface area (Å²) in [4.78, 5) is 27.6. The Morgan fingerprint density at radius 2 is 1.68 bits per heavy atom. The molecule has 0 saturated heterocycles. The van der Waals surface area contributed by atoms with Gasteiger partial charge >= 0.3 is 0 Å². The van der Waals surface area contributed by atoms with Crippen LogP contribution in [0.1, 0.15) is 59.1 Å². The van der Waals surface area contributed by atoms with E-state index < -0.39 is 17.4 Å². The summed E-state index contributed by atoms with van der Waals surface area (Å²) in [6.45, 7) is 12.1. The predicted molar refractivity (Wildman–Crippen MR) is 131 cm³/mol. The molecular weight excluding hydrogens is 435 g/mol. The summed E-state index contributed by atoms with van der Waals surface area (Å²) in [5.41, 5.74) is 0.833. The molecule has 0 aliphatic carbocycles. The van der Waals surface area contributed by atoms with Crippen LogP contribution in [0, 0.1) is 5.82 Å². The maximum absolute atomic E-state index is 14.4.